The highest BCUT2D eigenvalue weighted by Crippen LogP contribution is 1.88. The molecule has 0 nitrogen and oxygen atoms in total. The van der Waals surface area contributed by atoms with Crippen molar-refractivity contribution in [2.75, 3.05) is 12.0 Å². The lowest BCUT2D eigenvalue weighted by Gasteiger charge is -1.77. The maximum Gasteiger partial charge on any atom is 0.0226 e. The van der Waals surface area contributed by atoms with Gasteiger partial charge in [-0.25, -0.2) is 0 Å². The fraction of sp³-hybridized carbons (Fsp3) is 1.00. The third kappa shape index (κ3) is 4.72. The molecule has 0 fully saturated rings. The van der Waals surface area contributed by atoms with Gasteiger partial charge in [0.15, 0.2) is 0 Å². The summed E-state index contributed by atoms with van der Waals surface area (Å²) in [5, 5.41) is 0. The van der Waals surface area contributed by atoms with Crippen molar-refractivity contribution in [1.82, 2.24) is 0 Å². The van der Waals surface area contributed by atoms with Crippen molar-refractivity contribution >= 4 is 20.8 Å². The molecule has 2 heteroatoms. The lowest BCUT2D eigenvalue weighted by atomic mass is 10.6. The molecule has 0 spiro atoms. The summed E-state index contributed by atoms with van der Waals surface area (Å²) in [6, 6.07) is 0. The summed E-state index contributed by atoms with van der Waals surface area (Å²) in [5.74, 6) is 0.795. The van der Waals surface area contributed by atoms with Crippen LogP contribution in [0.15, 0.2) is 0 Å². The largest absolute Gasteiger partial charge is 0.138 e. The van der Waals surface area contributed by atoms with Crippen LogP contribution in [0.4, 0.5) is 0 Å². The van der Waals surface area contributed by atoms with Gasteiger partial charge in [0.2, 0.25) is 0 Å². The molecular formula is C3H8ClP. The Labute approximate surface area is 40.1 Å². The molecule has 0 amide bonds. The predicted octanol–water partition coefficient (Wildman–Crippen LogP) is 1.49. The molecule has 0 aromatic heterocycles. The van der Waals surface area contributed by atoms with Crippen molar-refractivity contribution in [2.24, 2.45) is 0 Å². The van der Waals surface area contributed by atoms with E-state index >= 15 is 0 Å². The van der Waals surface area contributed by atoms with Gasteiger partial charge in [-0.15, -0.1) is 20.8 Å². The Morgan fingerprint density at radius 2 is 2.20 bits per heavy atom. The van der Waals surface area contributed by atoms with Gasteiger partial charge < -0.3 is 0 Å². The van der Waals surface area contributed by atoms with Crippen molar-refractivity contribution in [3.05, 3.63) is 0 Å². The van der Waals surface area contributed by atoms with E-state index in [1.165, 1.54) is 0 Å². The maximum absolute atomic E-state index is 5.29. The molecule has 0 heterocycles. The third-order valence-corrected chi connectivity index (χ3v) is 1.01. The normalized spacial score (nSPS) is 8.40. The van der Waals surface area contributed by atoms with Crippen LogP contribution in [0.25, 0.3) is 0 Å². The first-order valence-corrected chi connectivity index (χ1v) is 3.03. The highest BCUT2D eigenvalue weighted by atomic mass is 35.5. The second-order valence-corrected chi connectivity index (χ2v) is 1.79. The van der Waals surface area contributed by atoms with Crippen LogP contribution in [0.3, 0.4) is 0 Å². The molecule has 0 aromatic carbocycles. The Morgan fingerprint density at radius 3 is 2.20 bits per heavy atom. The second-order valence-electron chi connectivity index (χ2n) is 0.831. The molecule has 0 saturated carbocycles. The number of alkyl halides is 1. The standard InChI is InChI=1S/C3H8ClP/c4-2-1-3-5/h1-3,5H2. The summed E-state index contributed by atoms with van der Waals surface area (Å²) in [7, 11) is 2.62. The zero-order valence-corrected chi connectivity index (χ0v) is 4.99. The van der Waals surface area contributed by atoms with Crippen LogP contribution < -0.4 is 0 Å². The van der Waals surface area contributed by atoms with Crippen LogP contribution in [0, 0.1) is 0 Å². The van der Waals surface area contributed by atoms with E-state index in [-0.39, 0.29) is 0 Å². The van der Waals surface area contributed by atoms with Gasteiger partial charge in [-0.2, -0.15) is 0 Å². The average molecular weight is 111 g/mol. The molecule has 0 N–H and O–H groups in total. The van der Waals surface area contributed by atoms with Crippen LogP contribution in [0.1, 0.15) is 6.42 Å². The van der Waals surface area contributed by atoms with Gasteiger partial charge in [-0.3, -0.25) is 0 Å². The third-order valence-electron chi connectivity index (χ3n) is 0.338. The first-order valence-electron chi connectivity index (χ1n) is 1.68. The van der Waals surface area contributed by atoms with E-state index in [4.69, 9.17) is 11.6 Å². The molecule has 0 radical (unpaired) electrons. The molecular weight excluding hydrogens is 102 g/mol. The van der Waals surface area contributed by atoms with Gasteiger partial charge in [-0.1, -0.05) is 0 Å². The summed E-state index contributed by atoms with van der Waals surface area (Å²) in [4.78, 5) is 0. The molecule has 0 aromatic rings. The Kier molecular flexibility index (Phi) is 5.40. The number of halogens is 1. The summed E-state index contributed by atoms with van der Waals surface area (Å²) in [5.41, 5.74) is 0. The highest BCUT2D eigenvalue weighted by Gasteiger charge is 1.70. The van der Waals surface area contributed by atoms with Crippen LogP contribution in [0.2, 0.25) is 0 Å². The Morgan fingerprint density at radius 1 is 1.60 bits per heavy atom. The average Bonchev–Trinajstić information content (AvgIpc) is 1.41. The van der Waals surface area contributed by atoms with E-state index < -0.39 is 0 Å². The summed E-state index contributed by atoms with van der Waals surface area (Å²) >= 11 is 5.29. The molecule has 0 bridgehead atoms. The SMILES string of the molecule is PCCCCl. The van der Waals surface area contributed by atoms with E-state index in [1.807, 2.05) is 0 Å². The minimum atomic E-state index is 0.795. The molecule has 1 unspecified atom stereocenters. The zero-order chi connectivity index (χ0) is 4.12. The Hall–Kier alpha value is 0.720. The fourth-order valence-corrected chi connectivity index (χ4v) is 0.694. The first-order chi connectivity index (χ1) is 2.41. The molecule has 32 valence electrons. The lowest BCUT2D eigenvalue weighted by molar-refractivity contribution is 1.12. The fourth-order valence-electron chi connectivity index (χ4n) is 0.0772. The Bertz CT molecular complexity index is 14.4. The second kappa shape index (κ2) is 4.72. The van der Waals surface area contributed by atoms with Crippen molar-refractivity contribution in [3.8, 4) is 0 Å². The summed E-state index contributed by atoms with van der Waals surface area (Å²) in [6.45, 7) is 0. The van der Waals surface area contributed by atoms with Gasteiger partial charge in [-0.05, 0) is 12.6 Å². The predicted molar refractivity (Wildman–Crippen MR) is 29.9 cm³/mol. The quantitative estimate of drug-likeness (QED) is 0.373. The zero-order valence-electron chi connectivity index (χ0n) is 3.08. The molecule has 5 heavy (non-hydrogen) atoms. The van der Waals surface area contributed by atoms with E-state index in [0.29, 0.717) is 0 Å². The van der Waals surface area contributed by atoms with Crippen molar-refractivity contribution in [2.45, 2.75) is 6.42 Å². The lowest BCUT2D eigenvalue weighted by Crippen LogP contribution is -1.70. The number of hydrogen-bond donors (Lipinski definition) is 0. The van der Waals surface area contributed by atoms with E-state index in [0.717, 1.165) is 18.5 Å². The molecule has 0 aliphatic carbocycles. The van der Waals surface area contributed by atoms with Crippen LogP contribution in [0.5, 0.6) is 0 Å². The minimum Gasteiger partial charge on any atom is -0.138 e. The number of rotatable bonds is 2. The molecule has 0 aliphatic heterocycles. The van der Waals surface area contributed by atoms with Crippen molar-refractivity contribution < 1.29 is 0 Å². The summed E-state index contributed by atoms with van der Waals surface area (Å²) in [6.07, 6.45) is 2.25. The molecule has 0 rings (SSSR count). The van der Waals surface area contributed by atoms with Crippen LogP contribution >= 0.6 is 20.8 Å². The molecule has 0 aliphatic rings. The number of hydrogen-bond acceptors (Lipinski definition) is 0. The van der Waals surface area contributed by atoms with Crippen LogP contribution in [-0.4, -0.2) is 12.0 Å². The van der Waals surface area contributed by atoms with Crippen molar-refractivity contribution in [1.29, 1.82) is 0 Å². The molecule has 1 atom stereocenters. The first kappa shape index (κ1) is 5.72. The topological polar surface area (TPSA) is 0 Å². The van der Waals surface area contributed by atoms with Gasteiger partial charge in [0.25, 0.3) is 0 Å². The maximum atomic E-state index is 5.29. The van der Waals surface area contributed by atoms with E-state index in [1.54, 1.807) is 0 Å². The van der Waals surface area contributed by atoms with E-state index in [9.17, 15) is 0 Å². The van der Waals surface area contributed by atoms with E-state index in [2.05, 4.69) is 9.24 Å². The van der Waals surface area contributed by atoms with Crippen LogP contribution in [-0.2, 0) is 0 Å². The van der Waals surface area contributed by atoms with Gasteiger partial charge in [0.05, 0.1) is 0 Å². The highest BCUT2D eigenvalue weighted by molar-refractivity contribution is 7.16. The molecule has 0 saturated heterocycles. The minimum absolute atomic E-state index is 0.795. The smallest absolute Gasteiger partial charge is 0.0226 e. The Balaban J connectivity index is 2.19. The monoisotopic (exact) mass is 110 g/mol. The van der Waals surface area contributed by atoms with Gasteiger partial charge in [0.1, 0.15) is 0 Å². The summed E-state index contributed by atoms with van der Waals surface area (Å²) < 4.78 is 0. The van der Waals surface area contributed by atoms with Crippen molar-refractivity contribution in [3.63, 3.8) is 0 Å². The van der Waals surface area contributed by atoms with Gasteiger partial charge >= 0.3 is 0 Å². The van der Waals surface area contributed by atoms with Gasteiger partial charge in [0, 0.05) is 5.88 Å².